The third-order valence-corrected chi connectivity index (χ3v) is 4.15. The molecular weight excluding hydrogens is 389 g/mol. The molecule has 1 aromatic rings. The lowest BCUT2D eigenvalue weighted by Gasteiger charge is -2.12. The quantitative estimate of drug-likeness (QED) is 0.327. The lowest BCUT2D eigenvalue weighted by atomic mass is 10.1. The predicted molar refractivity (Wildman–Crippen MR) is 103 cm³/mol. The van der Waals surface area contributed by atoms with Crippen molar-refractivity contribution in [1.82, 2.24) is 15.6 Å². The summed E-state index contributed by atoms with van der Waals surface area (Å²) in [7, 11) is 0. The maximum Gasteiger partial charge on any atom is 0.417 e. The fourth-order valence-electron chi connectivity index (χ4n) is 2.62. The Bertz CT molecular complexity index is 606. The average molecular weight is 418 g/mol. The number of hydrogen-bond acceptors (Lipinski definition) is 5. The van der Waals surface area contributed by atoms with E-state index in [1.54, 1.807) is 0 Å². The first-order valence-electron chi connectivity index (χ1n) is 9.82. The molecule has 1 saturated heterocycles. The molecule has 0 bridgehead atoms. The van der Waals surface area contributed by atoms with Crippen LogP contribution in [0, 0.1) is 5.92 Å². The molecule has 0 aliphatic carbocycles. The van der Waals surface area contributed by atoms with Crippen molar-refractivity contribution in [3.63, 3.8) is 0 Å². The van der Waals surface area contributed by atoms with Gasteiger partial charge in [0.2, 0.25) is 5.88 Å². The number of ether oxygens (including phenoxy) is 3. The highest BCUT2D eigenvalue weighted by molar-refractivity contribution is 5.79. The van der Waals surface area contributed by atoms with Gasteiger partial charge in [-0.05, 0) is 25.8 Å². The standard InChI is InChI=1S/C19H29F3N4O3/c1-2-23-18(24-7-3-9-27-13-15-6-10-28-14-15)25-8-11-29-17-5-4-16(12-26-17)19(20,21)22/h4-5,12,15H,2-3,6-11,13-14H2,1H3,(H2,23,24,25). The second kappa shape index (κ2) is 12.5. The molecule has 1 atom stereocenters. The van der Waals surface area contributed by atoms with Gasteiger partial charge in [0.15, 0.2) is 5.96 Å². The van der Waals surface area contributed by atoms with Crippen molar-refractivity contribution in [2.45, 2.75) is 25.9 Å². The van der Waals surface area contributed by atoms with Crippen LogP contribution in [-0.2, 0) is 15.7 Å². The van der Waals surface area contributed by atoms with E-state index in [2.05, 4.69) is 20.6 Å². The number of hydrogen-bond donors (Lipinski definition) is 2. The van der Waals surface area contributed by atoms with Crippen LogP contribution >= 0.6 is 0 Å². The molecule has 7 nitrogen and oxygen atoms in total. The minimum absolute atomic E-state index is 0.145. The van der Waals surface area contributed by atoms with E-state index in [-0.39, 0.29) is 12.5 Å². The largest absolute Gasteiger partial charge is 0.476 e. The van der Waals surface area contributed by atoms with Crippen molar-refractivity contribution < 1.29 is 27.4 Å². The molecule has 2 heterocycles. The first kappa shape index (κ1) is 23.2. The van der Waals surface area contributed by atoms with Crippen molar-refractivity contribution in [2.24, 2.45) is 10.9 Å². The molecule has 0 saturated carbocycles. The van der Waals surface area contributed by atoms with Crippen molar-refractivity contribution >= 4 is 5.96 Å². The topological polar surface area (TPSA) is 77.0 Å². The van der Waals surface area contributed by atoms with Gasteiger partial charge in [-0.1, -0.05) is 0 Å². The predicted octanol–water partition coefficient (Wildman–Crippen LogP) is 2.48. The van der Waals surface area contributed by atoms with Crippen molar-refractivity contribution in [3.05, 3.63) is 23.9 Å². The Morgan fingerprint density at radius 2 is 2.17 bits per heavy atom. The van der Waals surface area contributed by atoms with Gasteiger partial charge in [0, 0.05) is 44.5 Å². The van der Waals surface area contributed by atoms with Crippen LogP contribution in [0.1, 0.15) is 25.3 Å². The maximum absolute atomic E-state index is 12.5. The van der Waals surface area contributed by atoms with Gasteiger partial charge in [0.25, 0.3) is 0 Å². The Labute approximate surface area is 169 Å². The molecule has 0 radical (unpaired) electrons. The molecule has 2 N–H and O–H groups in total. The average Bonchev–Trinajstić information content (AvgIpc) is 3.21. The Hall–Kier alpha value is -2.07. The Morgan fingerprint density at radius 1 is 1.31 bits per heavy atom. The molecule has 1 aromatic heterocycles. The zero-order valence-electron chi connectivity index (χ0n) is 16.6. The van der Waals surface area contributed by atoms with E-state index in [9.17, 15) is 13.2 Å². The monoisotopic (exact) mass is 418 g/mol. The van der Waals surface area contributed by atoms with E-state index >= 15 is 0 Å². The summed E-state index contributed by atoms with van der Waals surface area (Å²) in [6.07, 6.45) is -1.76. The van der Waals surface area contributed by atoms with Crippen LogP contribution in [0.2, 0.25) is 0 Å². The Balaban J connectivity index is 1.60. The molecule has 2 rings (SSSR count). The summed E-state index contributed by atoms with van der Waals surface area (Å²) >= 11 is 0. The smallest absolute Gasteiger partial charge is 0.417 e. The summed E-state index contributed by atoms with van der Waals surface area (Å²) in [6.45, 7) is 6.99. The second-order valence-electron chi connectivity index (χ2n) is 6.58. The van der Waals surface area contributed by atoms with Gasteiger partial charge in [-0.2, -0.15) is 13.2 Å². The Kier molecular flexibility index (Phi) is 9.99. The summed E-state index contributed by atoms with van der Waals surface area (Å²) in [5.74, 6) is 1.31. The second-order valence-corrected chi connectivity index (χ2v) is 6.58. The van der Waals surface area contributed by atoms with Crippen LogP contribution in [0.25, 0.3) is 0 Å². The van der Waals surface area contributed by atoms with Crippen molar-refractivity contribution in [3.8, 4) is 5.88 Å². The number of nitrogens with zero attached hydrogens (tertiary/aromatic N) is 2. The minimum atomic E-state index is -4.40. The highest BCUT2D eigenvalue weighted by atomic mass is 19.4. The van der Waals surface area contributed by atoms with Gasteiger partial charge >= 0.3 is 6.18 Å². The summed E-state index contributed by atoms with van der Waals surface area (Å²) in [6, 6.07) is 2.16. The van der Waals surface area contributed by atoms with Gasteiger partial charge in [-0.3, -0.25) is 4.99 Å². The van der Waals surface area contributed by atoms with Crippen LogP contribution in [0.3, 0.4) is 0 Å². The van der Waals surface area contributed by atoms with Crippen LogP contribution < -0.4 is 15.4 Å². The zero-order valence-corrected chi connectivity index (χ0v) is 16.6. The third-order valence-electron chi connectivity index (χ3n) is 4.15. The maximum atomic E-state index is 12.5. The van der Waals surface area contributed by atoms with E-state index in [0.717, 1.165) is 44.9 Å². The number of guanidine groups is 1. The zero-order chi connectivity index (χ0) is 21.0. The molecule has 1 unspecified atom stereocenters. The van der Waals surface area contributed by atoms with E-state index < -0.39 is 11.7 Å². The van der Waals surface area contributed by atoms with Gasteiger partial charge in [-0.15, -0.1) is 0 Å². The van der Waals surface area contributed by atoms with E-state index in [0.29, 0.717) is 38.1 Å². The molecule has 1 aliphatic rings. The molecule has 0 amide bonds. The van der Waals surface area contributed by atoms with E-state index in [4.69, 9.17) is 14.2 Å². The van der Waals surface area contributed by atoms with Crippen LogP contribution in [0.15, 0.2) is 23.3 Å². The number of alkyl halides is 3. The van der Waals surface area contributed by atoms with E-state index in [1.807, 2.05) is 6.92 Å². The first-order chi connectivity index (χ1) is 14.0. The van der Waals surface area contributed by atoms with Crippen molar-refractivity contribution in [1.29, 1.82) is 0 Å². The highest BCUT2D eigenvalue weighted by Gasteiger charge is 2.30. The van der Waals surface area contributed by atoms with Crippen LogP contribution in [0.4, 0.5) is 13.2 Å². The molecular formula is C19H29F3N4O3. The highest BCUT2D eigenvalue weighted by Crippen LogP contribution is 2.29. The first-order valence-corrected chi connectivity index (χ1v) is 9.82. The van der Waals surface area contributed by atoms with Crippen LogP contribution in [-0.4, -0.2) is 63.6 Å². The van der Waals surface area contributed by atoms with Gasteiger partial charge in [0.05, 0.1) is 25.3 Å². The number of aromatic nitrogens is 1. The lowest BCUT2D eigenvalue weighted by Crippen LogP contribution is -2.39. The minimum Gasteiger partial charge on any atom is -0.476 e. The summed E-state index contributed by atoms with van der Waals surface area (Å²) in [5, 5.41) is 6.24. The molecule has 10 heteroatoms. The van der Waals surface area contributed by atoms with Gasteiger partial charge in [-0.25, -0.2) is 4.98 Å². The lowest BCUT2D eigenvalue weighted by molar-refractivity contribution is -0.137. The van der Waals surface area contributed by atoms with Crippen LogP contribution in [0.5, 0.6) is 5.88 Å². The number of pyridine rings is 1. The van der Waals surface area contributed by atoms with E-state index in [1.165, 1.54) is 6.07 Å². The third kappa shape index (κ3) is 9.31. The summed E-state index contributed by atoms with van der Waals surface area (Å²) in [5.41, 5.74) is -0.801. The van der Waals surface area contributed by atoms with Gasteiger partial charge in [0.1, 0.15) is 6.61 Å². The number of aliphatic imine (C=N–C) groups is 1. The fraction of sp³-hybridized carbons (Fsp3) is 0.684. The fourth-order valence-corrected chi connectivity index (χ4v) is 2.62. The normalized spacial score (nSPS) is 17.4. The Morgan fingerprint density at radius 3 is 2.83 bits per heavy atom. The molecule has 164 valence electrons. The molecule has 0 aromatic carbocycles. The molecule has 0 spiro atoms. The van der Waals surface area contributed by atoms with Gasteiger partial charge < -0.3 is 24.8 Å². The summed E-state index contributed by atoms with van der Waals surface area (Å²) in [4.78, 5) is 8.13. The number of nitrogens with one attached hydrogen (secondary N) is 2. The van der Waals surface area contributed by atoms with Crippen molar-refractivity contribution in [2.75, 3.05) is 52.7 Å². The number of rotatable bonds is 11. The number of halogens is 3. The molecule has 1 aliphatic heterocycles. The molecule has 29 heavy (non-hydrogen) atoms. The molecule has 1 fully saturated rings. The summed E-state index contributed by atoms with van der Waals surface area (Å²) < 4.78 is 53.8. The SMILES string of the molecule is CCNC(=NCCCOCC1CCOC1)NCCOc1ccc(C(F)(F)F)cn1.